The van der Waals surface area contributed by atoms with Crippen LogP contribution in [0.1, 0.15) is 27.7 Å². The summed E-state index contributed by atoms with van der Waals surface area (Å²) in [4.78, 5) is 22.8. The zero-order chi connectivity index (χ0) is 16.5. The van der Waals surface area contributed by atoms with E-state index in [1.807, 2.05) is 49.4 Å². The molecule has 120 valence electrons. The molecule has 3 heterocycles. The Hall–Kier alpha value is -3.02. The van der Waals surface area contributed by atoms with Crippen molar-refractivity contribution < 1.29 is 9.32 Å². The van der Waals surface area contributed by atoms with Crippen LogP contribution in [-0.2, 0) is 0 Å². The molecular weight excluding hydrogens is 304 g/mol. The Bertz CT molecular complexity index is 869. The van der Waals surface area contributed by atoms with Gasteiger partial charge in [0, 0.05) is 24.8 Å². The summed E-state index contributed by atoms with van der Waals surface area (Å²) >= 11 is 0. The number of carbonyl (C=O) groups is 1. The van der Waals surface area contributed by atoms with Crippen molar-refractivity contribution in [1.82, 2.24) is 20.0 Å². The van der Waals surface area contributed by atoms with Crippen molar-refractivity contribution in [1.29, 1.82) is 0 Å². The van der Waals surface area contributed by atoms with Crippen LogP contribution in [0, 0.1) is 6.92 Å². The molecule has 0 bridgehead atoms. The molecule has 0 unspecified atom stereocenters. The molecule has 0 aliphatic carbocycles. The lowest BCUT2D eigenvalue weighted by Gasteiger charge is -2.37. The van der Waals surface area contributed by atoms with Crippen LogP contribution in [0.15, 0.2) is 53.2 Å². The fourth-order valence-electron chi connectivity index (χ4n) is 2.76. The summed E-state index contributed by atoms with van der Waals surface area (Å²) in [5.41, 5.74) is 2.47. The molecule has 1 aliphatic heterocycles. The van der Waals surface area contributed by atoms with Gasteiger partial charge in [-0.2, -0.15) is 4.98 Å². The predicted octanol–water partition coefficient (Wildman–Crippen LogP) is 2.68. The molecule has 0 radical (unpaired) electrons. The molecule has 0 spiro atoms. The topological polar surface area (TPSA) is 72.1 Å². The summed E-state index contributed by atoms with van der Waals surface area (Å²) in [5.74, 6) is 1.17. The summed E-state index contributed by atoms with van der Waals surface area (Å²) in [6.45, 7) is 3.17. The standard InChI is InChI=1S/C18H16N4O2/c1-12-5-4-6-13(9-12)18(23)22-10-14(11-22)17-20-16(21-24-17)15-7-2-3-8-19-15/h2-9,14H,10-11H2,1H3. The van der Waals surface area contributed by atoms with Crippen molar-refractivity contribution in [2.24, 2.45) is 0 Å². The van der Waals surface area contributed by atoms with E-state index < -0.39 is 0 Å². The number of pyridine rings is 1. The first kappa shape index (κ1) is 14.6. The van der Waals surface area contributed by atoms with Gasteiger partial charge in [0.25, 0.3) is 5.91 Å². The second kappa shape index (κ2) is 5.88. The van der Waals surface area contributed by atoms with Gasteiger partial charge < -0.3 is 9.42 Å². The molecule has 2 aromatic heterocycles. The quantitative estimate of drug-likeness (QED) is 0.742. The molecule has 1 amide bonds. The lowest BCUT2D eigenvalue weighted by molar-refractivity contribution is 0.0569. The fraction of sp³-hybridized carbons (Fsp3) is 0.222. The molecular formula is C18H16N4O2. The molecule has 6 heteroatoms. The summed E-state index contributed by atoms with van der Waals surface area (Å²) < 4.78 is 5.34. The zero-order valence-corrected chi connectivity index (χ0v) is 13.2. The molecule has 0 atom stereocenters. The highest BCUT2D eigenvalue weighted by atomic mass is 16.5. The van der Waals surface area contributed by atoms with Crippen LogP contribution in [0.4, 0.5) is 0 Å². The maximum absolute atomic E-state index is 12.4. The van der Waals surface area contributed by atoms with E-state index in [1.54, 1.807) is 11.1 Å². The third kappa shape index (κ3) is 2.67. The Balaban J connectivity index is 1.43. The highest BCUT2D eigenvalue weighted by Gasteiger charge is 2.36. The minimum absolute atomic E-state index is 0.0411. The molecule has 1 fully saturated rings. The van der Waals surface area contributed by atoms with E-state index in [-0.39, 0.29) is 11.8 Å². The average molecular weight is 320 g/mol. The lowest BCUT2D eigenvalue weighted by atomic mass is 9.98. The summed E-state index contributed by atoms with van der Waals surface area (Å²) in [5, 5.41) is 3.98. The van der Waals surface area contributed by atoms with Crippen LogP contribution in [0.2, 0.25) is 0 Å². The van der Waals surface area contributed by atoms with Gasteiger partial charge in [0.05, 0.1) is 5.92 Å². The van der Waals surface area contributed by atoms with Crippen molar-refractivity contribution in [3.63, 3.8) is 0 Å². The molecule has 0 N–H and O–H groups in total. The fourth-order valence-corrected chi connectivity index (χ4v) is 2.76. The van der Waals surface area contributed by atoms with Gasteiger partial charge in [0.15, 0.2) is 0 Å². The number of hydrogen-bond acceptors (Lipinski definition) is 5. The summed E-state index contributed by atoms with van der Waals surface area (Å²) in [7, 11) is 0. The van der Waals surface area contributed by atoms with Crippen LogP contribution in [0.5, 0.6) is 0 Å². The van der Waals surface area contributed by atoms with Gasteiger partial charge >= 0.3 is 0 Å². The lowest BCUT2D eigenvalue weighted by Crippen LogP contribution is -2.48. The number of likely N-dealkylation sites (tertiary alicyclic amines) is 1. The van der Waals surface area contributed by atoms with Crippen LogP contribution >= 0.6 is 0 Å². The maximum atomic E-state index is 12.4. The van der Waals surface area contributed by atoms with E-state index in [2.05, 4.69) is 15.1 Å². The molecule has 1 aromatic carbocycles. The zero-order valence-electron chi connectivity index (χ0n) is 13.2. The van der Waals surface area contributed by atoms with E-state index in [0.29, 0.717) is 36.1 Å². The van der Waals surface area contributed by atoms with Gasteiger partial charge in [-0.3, -0.25) is 9.78 Å². The van der Waals surface area contributed by atoms with Crippen LogP contribution in [0.25, 0.3) is 11.5 Å². The molecule has 1 aliphatic rings. The van der Waals surface area contributed by atoms with E-state index in [9.17, 15) is 4.79 Å². The molecule has 3 aromatic rings. The van der Waals surface area contributed by atoms with Gasteiger partial charge in [-0.05, 0) is 31.2 Å². The second-order valence-corrected chi connectivity index (χ2v) is 5.95. The number of aryl methyl sites for hydroxylation is 1. The van der Waals surface area contributed by atoms with Crippen molar-refractivity contribution in [3.8, 4) is 11.5 Å². The smallest absolute Gasteiger partial charge is 0.253 e. The Morgan fingerprint density at radius 3 is 2.83 bits per heavy atom. The van der Waals surface area contributed by atoms with Crippen molar-refractivity contribution in [2.45, 2.75) is 12.8 Å². The number of benzene rings is 1. The number of nitrogens with zero attached hydrogens (tertiary/aromatic N) is 4. The van der Waals surface area contributed by atoms with Crippen LogP contribution in [-0.4, -0.2) is 39.0 Å². The Morgan fingerprint density at radius 1 is 1.21 bits per heavy atom. The Morgan fingerprint density at radius 2 is 2.08 bits per heavy atom. The van der Waals surface area contributed by atoms with Crippen molar-refractivity contribution in [2.75, 3.05) is 13.1 Å². The van der Waals surface area contributed by atoms with Gasteiger partial charge in [-0.25, -0.2) is 0 Å². The third-order valence-electron chi connectivity index (χ3n) is 4.12. The van der Waals surface area contributed by atoms with Gasteiger partial charge in [-0.15, -0.1) is 0 Å². The molecule has 6 nitrogen and oxygen atoms in total. The largest absolute Gasteiger partial charge is 0.338 e. The Kier molecular flexibility index (Phi) is 3.57. The van der Waals surface area contributed by atoms with E-state index in [0.717, 1.165) is 5.56 Å². The average Bonchev–Trinajstić information content (AvgIpc) is 3.04. The molecule has 0 saturated carbocycles. The SMILES string of the molecule is Cc1cccc(C(=O)N2CC(c3nc(-c4ccccn4)no3)C2)c1. The van der Waals surface area contributed by atoms with Crippen molar-refractivity contribution in [3.05, 3.63) is 65.7 Å². The van der Waals surface area contributed by atoms with Gasteiger partial charge in [-0.1, -0.05) is 28.9 Å². The number of carbonyl (C=O) groups excluding carboxylic acids is 1. The minimum atomic E-state index is 0.0411. The second-order valence-electron chi connectivity index (χ2n) is 5.95. The van der Waals surface area contributed by atoms with Crippen LogP contribution < -0.4 is 0 Å². The van der Waals surface area contributed by atoms with Gasteiger partial charge in [0.2, 0.25) is 11.7 Å². The van der Waals surface area contributed by atoms with E-state index >= 15 is 0 Å². The molecule has 24 heavy (non-hydrogen) atoms. The number of amides is 1. The maximum Gasteiger partial charge on any atom is 0.253 e. The minimum Gasteiger partial charge on any atom is -0.338 e. The first-order valence-electron chi connectivity index (χ1n) is 7.81. The first-order valence-corrected chi connectivity index (χ1v) is 7.81. The van der Waals surface area contributed by atoms with Crippen LogP contribution in [0.3, 0.4) is 0 Å². The summed E-state index contributed by atoms with van der Waals surface area (Å²) in [6.07, 6.45) is 1.69. The van der Waals surface area contributed by atoms with Gasteiger partial charge in [0.1, 0.15) is 5.69 Å². The van der Waals surface area contributed by atoms with E-state index in [1.165, 1.54) is 0 Å². The normalized spacial score (nSPS) is 14.5. The summed E-state index contributed by atoms with van der Waals surface area (Å²) in [6, 6.07) is 13.2. The first-order chi connectivity index (χ1) is 11.7. The number of hydrogen-bond donors (Lipinski definition) is 0. The predicted molar refractivity (Wildman–Crippen MR) is 87.4 cm³/mol. The monoisotopic (exact) mass is 320 g/mol. The number of aromatic nitrogens is 3. The molecule has 4 rings (SSSR count). The molecule has 1 saturated heterocycles. The Labute approximate surface area is 139 Å². The number of rotatable bonds is 3. The van der Waals surface area contributed by atoms with Crippen molar-refractivity contribution >= 4 is 5.91 Å². The van der Waals surface area contributed by atoms with E-state index in [4.69, 9.17) is 4.52 Å². The highest BCUT2D eigenvalue weighted by molar-refractivity contribution is 5.95. The highest BCUT2D eigenvalue weighted by Crippen LogP contribution is 2.28. The third-order valence-corrected chi connectivity index (χ3v) is 4.12.